The molecule has 2 radical (unpaired) electrons. The summed E-state index contributed by atoms with van der Waals surface area (Å²) >= 11 is 1.64. The molecule has 7 aromatic rings. The van der Waals surface area contributed by atoms with E-state index in [0.29, 0.717) is 11.3 Å². The number of hydrogen-bond donors (Lipinski definition) is 2. The molecule has 4 aromatic carbocycles. The van der Waals surface area contributed by atoms with Crippen LogP contribution in [0.3, 0.4) is 0 Å². The standard InChI is InChI=1S/C34H27BN2O3S/c1-33(2,38)34(3,39)18-20-11-7-14-26-27(20)30-31(41-26)29(19-9-5-4-6-10-19)36-32(37-30)22-12-8-13-25-28(22)23-17-21(35)15-16-24(23)40-25/h4-17,38-39H,18H2,1-3H3. The molecule has 2 N–H and O–H groups in total. The lowest BCUT2D eigenvalue weighted by Gasteiger charge is -2.36. The number of nitrogens with zero attached hydrogens (tertiary/aromatic N) is 2. The van der Waals surface area contributed by atoms with Gasteiger partial charge in [-0.1, -0.05) is 72.2 Å². The molecule has 0 aliphatic heterocycles. The van der Waals surface area contributed by atoms with E-state index in [-0.39, 0.29) is 6.42 Å². The van der Waals surface area contributed by atoms with Crippen LogP contribution in [0.4, 0.5) is 0 Å². The third-order valence-corrected chi connectivity index (χ3v) is 9.24. The zero-order valence-electron chi connectivity index (χ0n) is 23.0. The normalized spacial score (nSPS) is 13.9. The van der Waals surface area contributed by atoms with Gasteiger partial charge >= 0.3 is 0 Å². The third-order valence-electron chi connectivity index (χ3n) is 8.09. The first-order valence-electron chi connectivity index (χ1n) is 13.5. The van der Waals surface area contributed by atoms with Crippen LogP contribution in [0.1, 0.15) is 26.3 Å². The topological polar surface area (TPSA) is 79.4 Å². The minimum Gasteiger partial charge on any atom is -0.456 e. The van der Waals surface area contributed by atoms with Crippen LogP contribution in [0, 0.1) is 0 Å². The summed E-state index contributed by atoms with van der Waals surface area (Å²) in [7, 11) is 6.17. The summed E-state index contributed by atoms with van der Waals surface area (Å²) in [5, 5.41) is 24.8. The largest absolute Gasteiger partial charge is 0.456 e. The van der Waals surface area contributed by atoms with E-state index >= 15 is 0 Å². The van der Waals surface area contributed by atoms with Gasteiger partial charge in [-0.15, -0.1) is 11.3 Å². The number of furan rings is 1. The van der Waals surface area contributed by atoms with Crippen molar-refractivity contribution in [2.45, 2.75) is 38.4 Å². The predicted molar refractivity (Wildman–Crippen MR) is 169 cm³/mol. The molecular formula is C34H27BN2O3S. The summed E-state index contributed by atoms with van der Waals surface area (Å²) in [6.07, 6.45) is 0.265. The Bertz CT molecular complexity index is 2110. The SMILES string of the molecule is [B]c1ccc2oc3cccc(-c4nc(-c5ccccc5)c5sc6cccc(CC(C)(O)C(C)(C)O)c6c5n4)c3c2c1. The first kappa shape index (κ1) is 25.9. The van der Waals surface area contributed by atoms with Gasteiger partial charge in [0.2, 0.25) is 0 Å². The van der Waals surface area contributed by atoms with Crippen LogP contribution in [0.15, 0.2) is 89.3 Å². The molecule has 0 saturated carbocycles. The Morgan fingerprint density at radius 2 is 1.61 bits per heavy atom. The van der Waals surface area contributed by atoms with E-state index in [4.69, 9.17) is 22.2 Å². The van der Waals surface area contributed by atoms with Crippen LogP contribution in [0.25, 0.3) is 64.9 Å². The maximum Gasteiger partial charge on any atom is 0.161 e. The summed E-state index contributed by atoms with van der Waals surface area (Å²) in [4.78, 5) is 10.4. The number of hydrogen-bond acceptors (Lipinski definition) is 6. The average molecular weight is 554 g/mol. The molecule has 3 heterocycles. The molecule has 7 rings (SSSR count). The van der Waals surface area contributed by atoms with E-state index in [1.807, 2.05) is 66.7 Å². The summed E-state index contributed by atoms with van der Waals surface area (Å²) in [5.41, 5.74) is 3.93. The van der Waals surface area contributed by atoms with Crippen molar-refractivity contribution in [1.29, 1.82) is 0 Å². The Hall–Kier alpha value is -4.04. The number of benzene rings is 4. The van der Waals surface area contributed by atoms with Crippen molar-refractivity contribution in [3.8, 4) is 22.6 Å². The van der Waals surface area contributed by atoms with E-state index in [0.717, 1.165) is 64.6 Å². The lowest BCUT2D eigenvalue weighted by Crippen LogP contribution is -2.49. The molecule has 0 saturated heterocycles. The van der Waals surface area contributed by atoms with Gasteiger partial charge in [0.05, 0.1) is 27.1 Å². The molecule has 7 heteroatoms. The van der Waals surface area contributed by atoms with Crippen molar-refractivity contribution in [1.82, 2.24) is 9.97 Å². The van der Waals surface area contributed by atoms with E-state index in [2.05, 4.69) is 18.2 Å². The van der Waals surface area contributed by atoms with Gasteiger partial charge in [-0.3, -0.25) is 0 Å². The molecule has 3 aromatic heterocycles. The number of rotatable bonds is 5. The van der Waals surface area contributed by atoms with E-state index in [9.17, 15) is 10.2 Å². The van der Waals surface area contributed by atoms with Gasteiger partial charge in [-0.2, -0.15) is 0 Å². The minimum atomic E-state index is -1.35. The van der Waals surface area contributed by atoms with Gasteiger partial charge in [-0.05, 0) is 44.5 Å². The van der Waals surface area contributed by atoms with Gasteiger partial charge in [0.1, 0.15) is 19.0 Å². The monoisotopic (exact) mass is 554 g/mol. The van der Waals surface area contributed by atoms with Crippen LogP contribution < -0.4 is 5.46 Å². The predicted octanol–water partition coefficient (Wildman–Crippen LogP) is 6.94. The second-order valence-corrected chi connectivity index (χ2v) is 12.4. The van der Waals surface area contributed by atoms with Crippen LogP contribution in [-0.4, -0.2) is 39.2 Å². The molecular weight excluding hydrogens is 527 g/mol. The van der Waals surface area contributed by atoms with Gasteiger partial charge in [0.25, 0.3) is 0 Å². The molecule has 0 spiro atoms. The number of thiophene rings is 1. The van der Waals surface area contributed by atoms with Gasteiger partial charge in [0.15, 0.2) is 5.82 Å². The lowest BCUT2D eigenvalue weighted by atomic mass is 9.82. The van der Waals surface area contributed by atoms with Crippen LogP contribution in [0.2, 0.25) is 0 Å². The number of aliphatic hydroxyl groups is 2. The van der Waals surface area contributed by atoms with E-state index in [1.165, 1.54) is 0 Å². The summed E-state index contributed by atoms with van der Waals surface area (Å²) < 4.78 is 8.19. The van der Waals surface area contributed by atoms with E-state index in [1.54, 1.807) is 32.1 Å². The maximum absolute atomic E-state index is 11.3. The Morgan fingerprint density at radius 1 is 0.829 bits per heavy atom. The second kappa shape index (κ2) is 9.24. The zero-order chi connectivity index (χ0) is 28.5. The highest BCUT2D eigenvalue weighted by Crippen LogP contribution is 2.43. The Kier molecular flexibility index (Phi) is 5.84. The summed E-state index contributed by atoms with van der Waals surface area (Å²) in [5.74, 6) is 0.579. The smallest absolute Gasteiger partial charge is 0.161 e. The Labute approximate surface area is 242 Å². The van der Waals surface area contributed by atoms with Crippen LogP contribution in [-0.2, 0) is 6.42 Å². The Balaban J connectivity index is 1.57. The van der Waals surface area contributed by atoms with Crippen molar-refractivity contribution in [3.63, 3.8) is 0 Å². The van der Waals surface area contributed by atoms with Crippen LogP contribution in [0.5, 0.6) is 0 Å². The highest BCUT2D eigenvalue weighted by molar-refractivity contribution is 7.26. The van der Waals surface area contributed by atoms with Crippen molar-refractivity contribution in [3.05, 3.63) is 90.5 Å². The fourth-order valence-electron chi connectivity index (χ4n) is 5.43. The average Bonchev–Trinajstić information content (AvgIpc) is 3.51. The molecule has 200 valence electrons. The molecule has 1 unspecified atom stereocenters. The van der Waals surface area contributed by atoms with Gasteiger partial charge in [-0.25, -0.2) is 9.97 Å². The minimum absolute atomic E-state index is 0.265. The molecule has 5 nitrogen and oxygen atoms in total. The van der Waals surface area contributed by atoms with Gasteiger partial charge < -0.3 is 14.6 Å². The molecule has 0 bridgehead atoms. The Morgan fingerprint density at radius 3 is 2.39 bits per heavy atom. The first-order valence-corrected chi connectivity index (χ1v) is 14.4. The molecule has 1 atom stereocenters. The van der Waals surface area contributed by atoms with Gasteiger partial charge in [0, 0.05) is 38.4 Å². The maximum atomic E-state index is 11.3. The van der Waals surface area contributed by atoms with Crippen molar-refractivity contribution >= 4 is 66.9 Å². The lowest BCUT2D eigenvalue weighted by molar-refractivity contribution is -0.118. The zero-order valence-corrected chi connectivity index (χ0v) is 23.8. The first-order chi connectivity index (χ1) is 19.6. The molecule has 0 amide bonds. The van der Waals surface area contributed by atoms with Crippen LogP contribution >= 0.6 is 11.3 Å². The van der Waals surface area contributed by atoms with Crippen molar-refractivity contribution < 1.29 is 14.6 Å². The highest BCUT2D eigenvalue weighted by atomic mass is 32.1. The summed E-state index contributed by atoms with van der Waals surface area (Å²) in [6, 6.07) is 27.8. The number of fused-ring (bicyclic) bond motifs is 6. The van der Waals surface area contributed by atoms with Crippen molar-refractivity contribution in [2.24, 2.45) is 0 Å². The fourth-order valence-corrected chi connectivity index (χ4v) is 6.64. The molecule has 0 fully saturated rings. The summed E-state index contributed by atoms with van der Waals surface area (Å²) in [6.45, 7) is 4.94. The van der Waals surface area contributed by atoms with Crippen molar-refractivity contribution in [2.75, 3.05) is 0 Å². The quantitative estimate of drug-likeness (QED) is 0.226. The molecule has 0 aliphatic rings. The fraction of sp³-hybridized carbons (Fsp3) is 0.176. The number of aromatic nitrogens is 2. The molecule has 0 aliphatic carbocycles. The third kappa shape index (κ3) is 4.24. The molecule has 41 heavy (non-hydrogen) atoms. The van der Waals surface area contributed by atoms with E-state index < -0.39 is 11.2 Å². The second-order valence-electron chi connectivity index (χ2n) is 11.4. The highest BCUT2D eigenvalue weighted by Gasteiger charge is 2.38.